The second-order valence-corrected chi connectivity index (χ2v) is 5.63. The summed E-state index contributed by atoms with van der Waals surface area (Å²) in [6.07, 6.45) is 3.36. The van der Waals surface area contributed by atoms with Gasteiger partial charge >= 0.3 is 5.97 Å². The van der Waals surface area contributed by atoms with Crippen LogP contribution in [0, 0.1) is 13.8 Å². The zero-order chi connectivity index (χ0) is 16.4. The molecule has 118 valence electrons. The minimum atomic E-state index is -0.796. The van der Waals surface area contributed by atoms with Gasteiger partial charge in [-0.2, -0.15) is 0 Å². The molecule has 0 fully saturated rings. The van der Waals surface area contributed by atoms with Gasteiger partial charge in [0.2, 0.25) is 0 Å². The minimum absolute atomic E-state index is 0.0462. The lowest BCUT2D eigenvalue weighted by atomic mass is 10.0. The highest BCUT2D eigenvalue weighted by Gasteiger charge is 2.23. The van der Waals surface area contributed by atoms with Crippen LogP contribution in [0.15, 0.2) is 16.8 Å². The highest BCUT2D eigenvalue weighted by atomic mass is 16.4. The number of H-pyrrole nitrogens is 1. The molecule has 0 saturated carbocycles. The number of hydrogen-bond acceptors (Lipinski definition) is 2. The van der Waals surface area contributed by atoms with Gasteiger partial charge in [-0.3, -0.25) is 9.59 Å². The summed E-state index contributed by atoms with van der Waals surface area (Å²) in [6.45, 7) is 7.78. The van der Waals surface area contributed by atoms with E-state index in [-0.39, 0.29) is 12.3 Å². The van der Waals surface area contributed by atoms with Gasteiger partial charge in [-0.25, -0.2) is 0 Å². The third kappa shape index (κ3) is 2.98. The lowest BCUT2D eigenvalue weighted by Gasteiger charge is -2.03. The maximum atomic E-state index is 11.8. The van der Waals surface area contributed by atoms with Crippen LogP contribution < -0.4 is 5.32 Å². The van der Waals surface area contributed by atoms with Gasteiger partial charge in [0.15, 0.2) is 0 Å². The number of aromatic amines is 1. The van der Waals surface area contributed by atoms with E-state index < -0.39 is 5.97 Å². The van der Waals surface area contributed by atoms with Crippen LogP contribution >= 0.6 is 0 Å². The summed E-state index contributed by atoms with van der Waals surface area (Å²) in [6, 6.07) is 0. The fourth-order valence-corrected chi connectivity index (χ4v) is 2.92. The standard InChI is InChI=1S/C17H22N2O3/c1-5-12-10(3)17(22)19-15(12)8-14-9(2)13(11(4)18-14)6-7-16(20)21/h8,18H,5-7H2,1-4H3,(H,19,22)(H,20,21). The van der Waals surface area contributed by atoms with E-state index in [9.17, 15) is 9.59 Å². The Morgan fingerprint density at radius 1 is 1.27 bits per heavy atom. The Kier molecular flexibility index (Phi) is 4.54. The van der Waals surface area contributed by atoms with E-state index in [0.717, 1.165) is 45.8 Å². The quantitative estimate of drug-likeness (QED) is 0.782. The largest absolute Gasteiger partial charge is 0.481 e. The highest BCUT2D eigenvalue weighted by Crippen LogP contribution is 2.27. The molecule has 2 heterocycles. The van der Waals surface area contributed by atoms with Gasteiger partial charge in [-0.1, -0.05) is 6.92 Å². The first-order valence-electron chi connectivity index (χ1n) is 7.48. The first-order valence-corrected chi connectivity index (χ1v) is 7.48. The minimum Gasteiger partial charge on any atom is -0.481 e. The summed E-state index contributed by atoms with van der Waals surface area (Å²) in [4.78, 5) is 25.8. The average Bonchev–Trinajstić information content (AvgIpc) is 2.86. The third-order valence-electron chi connectivity index (χ3n) is 4.23. The van der Waals surface area contributed by atoms with Crippen LogP contribution in [0.1, 0.15) is 49.2 Å². The fourth-order valence-electron chi connectivity index (χ4n) is 2.92. The van der Waals surface area contributed by atoms with Gasteiger partial charge in [-0.05, 0) is 56.4 Å². The van der Waals surface area contributed by atoms with E-state index in [4.69, 9.17) is 5.11 Å². The van der Waals surface area contributed by atoms with Crippen LogP contribution in [-0.4, -0.2) is 22.0 Å². The summed E-state index contributed by atoms with van der Waals surface area (Å²) < 4.78 is 0. The van der Waals surface area contributed by atoms with Crippen molar-refractivity contribution < 1.29 is 14.7 Å². The van der Waals surface area contributed by atoms with E-state index in [2.05, 4.69) is 10.3 Å². The molecule has 0 aliphatic carbocycles. The maximum absolute atomic E-state index is 11.8. The Morgan fingerprint density at radius 3 is 2.55 bits per heavy atom. The molecular weight excluding hydrogens is 280 g/mol. The molecule has 1 aliphatic rings. The van der Waals surface area contributed by atoms with Crippen LogP contribution in [0.2, 0.25) is 0 Å². The number of aryl methyl sites for hydroxylation is 1. The average molecular weight is 302 g/mol. The summed E-state index contributed by atoms with van der Waals surface area (Å²) >= 11 is 0. The van der Waals surface area contributed by atoms with Crippen LogP contribution in [0.3, 0.4) is 0 Å². The normalized spacial score (nSPS) is 16.5. The lowest BCUT2D eigenvalue weighted by molar-refractivity contribution is -0.137. The van der Waals surface area contributed by atoms with Gasteiger partial charge in [0.1, 0.15) is 0 Å². The SMILES string of the molecule is CCC1=C(C)C(=O)NC1=Cc1[nH]c(C)c(CCC(=O)O)c1C. The third-order valence-corrected chi connectivity index (χ3v) is 4.23. The topological polar surface area (TPSA) is 82.2 Å². The Morgan fingerprint density at radius 2 is 1.95 bits per heavy atom. The molecule has 0 aromatic carbocycles. The number of carbonyl (C=O) groups is 2. The first kappa shape index (κ1) is 16.1. The molecule has 5 heteroatoms. The van der Waals surface area contributed by atoms with E-state index in [1.54, 1.807) is 0 Å². The van der Waals surface area contributed by atoms with Crippen LogP contribution in [0.4, 0.5) is 0 Å². The number of aromatic nitrogens is 1. The number of hydrogen-bond donors (Lipinski definition) is 3. The van der Waals surface area contributed by atoms with Gasteiger partial charge in [0, 0.05) is 29.1 Å². The Labute approximate surface area is 130 Å². The molecular formula is C17H22N2O3. The van der Waals surface area contributed by atoms with Gasteiger partial charge < -0.3 is 15.4 Å². The zero-order valence-electron chi connectivity index (χ0n) is 13.5. The molecule has 2 rings (SSSR count). The number of carboxylic acid groups (broad SMARTS) is 1. The van der Waals surface area contributed by atoms with E-state index in [1.807, 2.05) is 33.8 Å². The van der Waals surface area contributed by atoms with Gasteiger partial charge in [-0.15, -0.1) is 0 Å². The smallest absolute Gasteiger partial charge is 0.303 e. The first-order chi connectivity index (χ1) is 10.3. The van der Waals surface area contributed by atoms with Gasteiger partial charge in [0.25, 0.3) is 5.91 Å². The number of carbonyl (C=O) groups excluding carboxylic acids is 1. The Bertz CT molecular complexity index is 693. The van der Waals surface area contributed by atoms with Crippen molar-refractivity contribution in [2.45, 2.75) is 47.0 Å². The number of aliphatic carboxylic acids is 1. The van der Waals surface area contributed by atoms with Crippen molar-refractivity contribution in [1.82, 2.24) is 10.3 Å². The molecule has 0 radical (unpaired) electrons. The molecule has 1 aromatic heterocycles. The summed E-state index contributed by atoms with van der Waals surface area (Å²) in [5.74, 6) is -0.843. The number of rotatable bonds is 5. The van der Waals surface area contributed by atoms with Crippen molar-refractivity contribution in [2.24, 2.45) is 0 Å². The number of carboxylic acids is 1. The predicted molar refractivity (Wildman–Crippen MR) is 85.3 cm³/mol. The summed E-state index contributed by atoms with van der Waals surface area (Å²) in [5.41, 5.74) is 6.61. The monoisotopic (exact) mass is 302 g/mol. The van der Waals surface area contributed by atoms with E-state index in [0.29, 0.717) is 6.42 Å². The summed E-state index contributed by atoms with van der Waals surface area (Å²) in [7, 11) is 0. The maximum Gasteiger partial charge on any atom is 0.303 e. The molecule has 1 aliphatic heterocycles. The van der Waals surface area contributed by atoms with E-state index >= 15 is 0 Å². The molecule has 0 saturated heterocycles. The van der Waals surface area contributed by atoms with E-state index in [1.165, 1.54) is 0 Å². The molecule has 22 heavy (non-hydrogen) atoms. The van der Waals surface area contributed by atoms with Crippen LogP contribution in [0.5, 0.6) is 0 Å². The molecule has 0 atom stereocenters. The summed E-state index contributed by atoms with van der Waals surface area (Å²) in [5, 5.41) is 11.7. The molecule has 0 spiro atoms. The second-order valence-electron chi connectivity index (χ2n) is 5.63. The molecule has 0 unspecified atom stereocenters. The van der Waals surface area contributed by atoms with Crippen molar-refractivity contribution >= 4 is 18.0 Å². The van der Waals surface area contributed by atoms with Crippen LogP contribution in [-0.2, 0) is 16.0 Å². The van der Waals surface area contributed by atoms with Crippen molar-refractivity contribution in [1.29, 1.82) is 0 Å². The molecule has 1 amide bonds. The van der Waals surface area contributed by atoms with Crippen molar-refractivity contribution in [3.05, 3.63) is 39.4 Å². The number of amides is 1. The zero-order valence-corrected chi connectivity index (χ0v) is 13.5. The van der Waals surface area contributed by atoms with Crippen molar-refractivity contribution in [2.75, 3.05) is 0 Å². The number of allylic oxidation sites excluding steroid dienone is 1. The predicted octanol–water partition coefficient (Wildman–Crippen LogP) is 2.85. The van der Waals surface area contributed by atoms with Gasteiger partial charge in [0.05, 0.1) is 0 Å². The van der Waals surface area contributed by atoms with Crippen molar-refractivity contribution in [3.63, 3.8) is 0 Å². The highest BCUT2D eigenvalue weighted by molar-refractivity contribution is 6.00. The molecule has 3 N–H and O–H groups in total. The van der Waals surface area contributed by atoms with Crippen molar-refractivity contribution in [3.8, 4) is 0 Å². The molecule has 0 bridgehead atoms. The molecule has 1 aromatic rings. The second kappa shape index (κ2) is 6.22. The molecule has 5 nitrogen and oxygen atoms in total. The Balaban J connectivity index is 2.35. The lowest BCUT2D eigenvalue weighted by Crippen LogP contribution is -2.15. The Hall–Kier alpha value is -2.30. The number of nitrogens with one attached hydrogen (secondary N) is 2. The fraction of sp³-hybridized carbons (Fsp3) is 0.412. The van der Waals surface area contributed by atoms with Crippen LogP contribution in [0.25, 0.3) is 6.08 Å².